The molecule has 2 rings (SSSR count). The molecular weight excluding hydrogens is 274 g/mol. The van der Waals surface area contributed by atoms with Crippen LogP contribution in [0, 0.1) is 5.92 Å². The van der Waals surface area contributed by atoms with Crippen molar-refractivity contribution in [1.82, 2.24) is 4.90 Å². The van der Waals surface area contributed by atoms with Gasteiger partial charge in [0.1, 0.15) is 0 Å². The quantitative estimate of drug-likeness (QED) is 0.860. The first-order valence-electron chi connectivity index (χ1n) is 7.06. The van der Waals surface area contributed by atoms with E-state index >= 15 is 0 Å². The van der Waals surface area contributed by atoms with Gasteiger partial charge in [-0.05, 0) is 30.9 Å². The van der Waals surface area contributed by atoms with Gasteiger partial charge in [0.25, 0.3) is 5.91 Å². The maximum absolute atomic E-state index is 12.6. The lowest BCUT2D eigenvalue weighted by Crippen LogP contribution is -2.39. The van der Waals surface area contributed by atoms with E-state index in [0.717, 1.165) is 12.8 Å². The zero-order valence-corrected chi connectivity index (χ0v) is 12.8. The Kier molecular flexibility index (Phi) is 4.48. The number of hydrogen-bond acceptors (Lipinski definition) is 3. The molecule has 0 aromatic heterocycles. The number of piperidine rings is 1. The van der Waals surface area contributed by atoms with Gasteiger partial charge in [0, 0.05) is 13.1 Å². The Morgan fingerprint density at radius 3 is 2.70 bits per heavy atom. The Morgan fingerprint density at radius 1 is 1.35 bits per heavy atom. The van der Waals surface area contributed by atoms with E-state index in [9.17, 15) is 13.2 Å². The van der Waals surface area contributed by atoms with Gasteiger partial charge in [-0.25, -0.2) is 8.42 Å². The first-order valence-corrected chi connectivity index (χ1v) is 8.72. The van der Waals surface area contributed by atoms with Crippen LogP contribution in [0.15, 0.2) is 29.2 Å². The maximum Gasteiger partial charge on any atom is 0.255 e. The van der Waals surface area contributed by atoms with Gasteiger partial charge in [-0.2, -0.15) is 0 Å². The van der Waals surface area contributed by atoms with Crippen LogP contribution >= 0.6 is 0 Å². The molecule has 5 heteroatoms. The van der Waals surface area contributed by atoms with Crippen LogP contribution in [0.1, 0.15) is 37.0 Å². The highest BCUT2D eigenvalue weighted by atomic mass is 32.2. The molecular formula is C15H21NO3S. The molecule has 20 heavy (non-hydrogen) atoms. The van der Waals surface area contributed by atoms with Gasteiger partial charge < -0.3 is 4.90 Å². The van der Waals surface area contributed by atoms with Crippen LogP contribution in [0.25, 0.3) is 0 Å². The van der Waals surface area contributed by atoms with E-state index in [4.69, 9.17) is 0 Å². The number of nitrogens with zero attached hydrogens (tertiary/aromatic N) is 1. The monoisotopic (exact) mass is 295 g/mol. The summed E-state index contributed by atoms with van der Waals surface area (Å²) >= 11 is 0. The van der Waals surface area contributed by atoms with Crippen molar-refractivity contribution in [3.05, 3.63) is 29.8 Å². The van der Waals surface area contributed by atoms with Crippen molar-refractivity contribution in [2.75, 3.05) is 18.8 Å². The topological polar surface area (TPSA) is 54.5 Å². The zero-order valence-electron chi connectivity index (χ0n) is 12.0. The van der Waals surface area contributed by atoms with Gasteiger partial charge >= 0.3 is 0 Å². The third-order valence-electron chi connectivity index (χ3n) is 3.78. The predicted molar refractivity (Wildman–Crippen MR) is 78.5 cm³/mol. The second kappa shape index (κ2) is 5.95. The van der Waals surface area contributed by atoms with Gasteiger partial charge in [0.05, 0.1) is 16.2 Å². The number of sulfone groups is 1. The van der Waals surface area contributed by atoms with Crippen molar-refractivity contribution in [2.24, 2.45) is 5.92 Å². The Hall–Kier alpha value is -1.36. The summed E-state index contributed by atoms with van der Waals surface area (Å²) < 4.78 is 24.2. The average molecular weight is 295 g/mol. The number of amides is 1. The van der Waals surface area contributed by atoms with Gasteiger partial charge in [-0.3, -0.25) is 4.79 Å². The largest absolute Gasteiger partial charge is 0.338 e. The van der Waals surface area contributed by atoms with E-state index in [1.54, 1.807) is 30.0 Å². The molecule has 1 aliphatic heterocycles. The van der Waals surface area contributed by atoms with Crippen molar-refractivity contribution in [3.8, 4) is 0 Å². The molecule has 0 radical (unpaired) electrons. The van der Waals surface area contributed by atoms with Crippen LogP contribution in [-0.2, 0) is 9.84 Å². The third-order valence-corrected chi connectivity index (χ3v) is 5.56. The van der Waals surface area contributed by atoms with E-state index in [1.807, 2.05) is 0 Å². The molecule has 0 unspecified atom stereocenters. The van der Waals surface area contributed by atoms with Crippen LogP contribution < -0.4 is 0 Å². The maximum atomic E-state index is 12.6. The fourth-order valence-electron chi connectivity index (χ4n) is 2.61. The molecule has 1 saturated heterocycles. The second-order valence-corrected chi connectivity index (χ2v) is 7.64. The lowest BCUT2D eigenvalue weighted by Gasteiger charge is -2.31. The molecule has 0 N–H and O–H groups in total. The van der Waals surface area contributed by atoms with Gasteiger partial charge in [0.15, 0.2) is 9.84 Å². The summed E-state index contributed by atoms with van der Waals surface area (Å²) in [4.78, 5) is 14.5. The minimum Gasteiger partial charge on any atom is -0.338 e. The summed E-state index contributed by atoms with van der Waals surface area (Å²) in [6.07, 6.45) is 2.11. The van der Waals surface area contributed by atoms with E-state index in [0.29, 0.717) is 24.6 Å². The van der Waals surface area contributed by atoms with Crippen molar-refractivity contribution in [2.45, 2.75) is 31.6 Å². The molecule has 0 aliphatic carbocycles. The highest BCUT2D eigenvalue weighted by Gasteiger charge is 2.26. The van der Waals surface area contributed by atoms with Crippen LogP contribution in [0.3, 0.4) is 0 Å². The minimum absolute atomic E-state index is 0.00764. The van der Waals surface area contributed by atoms with Crippen LogP contribution in [0.2, 0.25) is 0 Å². The normalized spacial score (nSPS) is 19.9. The Bertz CT molecular complexity index is 595. The fourth-order valence-corrected chi connectivity index (χ4v) is 3.70. The molecule has 0 bridgehead atoms. The summed E-state index contributed by atoms with van der Waals surface area (Å²) in [5.74, 6) is 0.320. The first-order chi connectivity index (χ1) is 9.45. The standard InChI is InChI=1S/C15H21NO3S/c1-3-20(18,19)14-9-5-4-8-13(14)15(17)16-10-6-7-12(2)11-16/h4-5,8-9,12H,3,6-7,10-11H2,1-2H3/t12-/m0/s1. The van der Waals surface area contributed by atoms with E-state index in [-0.39, 0.29) is 16.6 Å². The van der Waals surface area contributed by atoms with Crippen LogP contribution in [0.5, 0.6) is 0 Å². The van der Waals surface area contributed by atoms with E-state index in [1.165, 1.54) is 6.07 Å². The van der Waals surface area contributed by atoms with E-state index in [2.05, 4.69) is 6.92 Å². The molecule has 1 aromatic rings. The van der Waals surface area contributed by atoms with Gasteiger partial charge in [-0.1, -0.05) is 26.0 Å². The fraction of sp³-hybridized carbons (Fsp3) is 0.533. The molecule has 110 valence electrons. The van der Waals surface area contributed by atoms with Crippen LogP contribution in [0.4, 0.5) is 0 Å². The number of benzene rings is 1. The number of carbonyl (C=O) groups excluding carboxylic acids is 1. The van der Waals surface area contributed by atoms with Crippen molar-refractivity contribution >= 4 is 15.7 Å². The van der Waals surface area contributed by atoms with E-state index < -0.39 is 9.84 Å². The lowest BCUT2D eigenvalue weighted by molar-refractivity contribution is 0.0679. The first kappa shape index (κ1) is 15.0. The molecule has 1 atom stereocenters. The summed E-state index contributed by atoms with van der Waals surface area (Å²) in [7, 11) is -3.37. The summed E-state index contributed by atoms with van der Waals surface area (Å²) in [5, 5.41) is 0. The van der Waals surface area contributed by atoms with Gasteiger partial charge in [0.2, 0.25) is 0 Å². The zero-order chi connectivity index (χ0) is 14.8. The number of hydrogen-bond donors (Lipinski definition) is 0. The molecule has 1 aliphatic rings. The number of carbonyl (C=O) groups is 1. The Labute approximate surface area is 120 Å². The highest BCUT2D eigenvalue weighted by Crippen LogP contribution is 2.22. The van der Waals surface area contributed by atoms with Crippen molar-refractivity contribution < 1.29 is 13.2 Å². The predicted octanol–water partition coefficient (Wildman–Crippen LogP) is 2.35. The second-order valence-electron chi connectivity index (χ2n) is 5.40. The van der Waals surface area contributed by atoms with Crippen molar-refractivity contribution in [3.63, 3.8) is 0 Å². The van der Waals surface area contributed by atoms with Crippen LogP contribution in [-0.4, -0.2) is 38.1 Å². The smallest absolute Gasteiger partial charge is 0.255 e. The molecule has 1 heterocycles. The molecule has 0 spiro atoms. The summed E-state index contributed by atoms with van der Waals surface area (Å²) in [5.41, 5.74) is 0.309. The van der Waals surface area contributed by atoms with Crippen molar-refractivity contribution in [1.29, 1.82) is 0 Å². The molecule has 0 saturated carbocycles. The molecule has 1 amide bonds. The summed E-state index contributed by atoms with van der Waals surface area (Å²) in [6, 6.07) is 6.52. The lowest BCUT2D eigenvalue weighted by atomic mass is 9.99. The SMILES string of the molecule is CCS(=O)(=O)c1ccccc1C(=O)N1CCC[C@H](C)C1. The minimum atomic E-state index is -3.37. The molecule has 4 nitrogen and oxygen atoms in total. The number of likely N-dealkylation sites (tertiary alicyclic amines) is 1. The average Bonchev–Trinajstić information content (AvgIpc) is 2.46. The Morgan fingerprint density at radius 2 is 2.05 bits per heavy atom. The number of rotatable bonds is 3. The summed E-state index contributed by atoms with van der Waals surface area (Å²) in [6.45, 7) is 5.14. The van der Waals surface area contributed by atoms with Gasteiger partial charge in [-0.15, -0.1) is 0 Å². The molecule has 1 aromatic carbocycles. The Balaban J connectivity index is 2.35. The highest BCUT2D eigenvalue weighted by molar-refractivity contribution is 7.91. The molecule has 1 fully saturated rings. The third kappa shape index (κ3) is 3.03.